The maximum Gasteiger partial charge on any atom is 0.277 e. The molecule has 0 radical (unpaired) electrons. The fourth-order valence-electron chi connectivity index (χ4n) is 2.31. The fourth-order valence-corrected chi connectivity index (χ4v) is 3.03. The third-order valence-corrected chi connectivity index (χ3v) is 4.30. The summed E-state index contributed by atoms with van der Waals surface area (Å²) in [4.78, 5) is 25.2. The number of hydrogen-bond donors (Lipinski definition) is 1. The quantitative estimate of drug-likeness (QED) is 0.603. The Morgan fingerprint density at radius 3 is 2.56 bits per heavy atom. The van der Waals surface area contributed by atoms with Crippen molar-refractivity contribution >= 4 is 33.4 Å². The number of halogens is 1. The Hall–Kier alpha value is -3.19. The molecule has 0 aliphatic heterocycles. The number of nitrogens with one attached hydrogen (secondary N) is 1. The molecule has 2 aromatic carbocycles. The molecule has 0 spiro atoms. The lowest BCUT2D eigenvalue weighted by Crippen LogP contribution is -2.14. The van der Waals surface area contributed by atoms with E-state index in [0.29, 0.717) is 16.3 Å². The Morgan fingerprint density at radius 1 is 1.00 bits per heavy atom. The number of thiazole rings is 1. The average molecular weight is 350 g/mol. The van der Waals surface area contributed by atoms with Gasteiger partial charge in [-0.25, -0.2) is 14.4 Å². The second-order valence-electron chi connectivity index (χ2n) is 5.24. The van der Waals surface area contributed by atoms with E-state index in [0.717, 1.165) is 11.1 Å². The SMILES string of the molecule is O=C(Nc1nc(-c2ccc(F)cc2)cs1)c1cnc2ccccc2n1. The van der Waals surface area contributed by atoms with Crippen molar-refractivity contribution < 1.29 is 9.18 Å². The van der Waals surface area contributed by atoms with Crippen LogP contribution >= 0.6 is 11.3 Å². The summed E-state index contributed by atoms with van der Waals surface area (Å²) in [6.45, 7) is 0. The maximum atomic E-state index is 13.0. The van der Waals surface area contributed by atoms with Crippen molar-refractivity contribution in [3.8, 4) is 11.3 Å². The van der Waals surface area contributed by atoms with E-state index in [2.05, 4.69) is 20.3 Å². The summed E-state index contributed by atoms with van der Waals surface area (Å²) in [7, 11) is 0. The zero-order chi connectivity index (χ0) is 17.2. The van der Waals surface area contributed by atoms with Crippen LogP contribution in [0.25, 0.3) is 22.3 Å². The number of anilines is 1. The van der Waals surface area contributed by atoms with Gasteiger partial charge in [0.2, 0.25) is 0 Å². The van der Waals surface area contributed by atoms with Crippen LogP contribution in [0, 0.1) is 5.82 Å². The molecular formula is C18H11FN4OS. The third kappa shape index (κ3) is 3.22. The van der Waals surface area contributed by atoms with Gasteiger partial charge in [-0.1, -0.05) is 12.1 Å². The zero-order valence-electron chi connectivity index (χ0n) is 12.8. The van der Waals surface area contributed by atoms with Crippen LogP contribution in [0.2, 0.25) is 0 Å². The van der Waals surface area contributed by atoms with Crippen molar-refractivity contribution in [1.29, 1.82) is 0 Å². The summed E-state index contributed by atoms with van der Waals surface area (Å²) in [6, 6.07) is 13.4. The van der Waals surface area contributed by atoms with Crippen LogP contribution < -0.4 is 5.32 Å². The van der Waals surface area contributed by atoms with E-state index in [1.807, 2.05) is 18.2 Å². The molecule has 2 aromatic heterocycles. The van der Waals surface area contributed by atoms with Gasteiger partial charge in [0.15, 0.2) is 5.13 Å². The van der Waals surface area contributed by atoms with Gasteiger partial charge in [-0.15, -0.1) is 11.3 Å². The fraction of sp³-hybridized carbons (Fsp3) is 0. The minimum atomic E-state index is -0.377. The van der Waals surface area contributed by atoms with Gasteiger partial charge in [0.05, 0.1) is 22.9 Å². The second kappa shape index (κ2) is 6.37. The summed E-state index contributed by atoms with van der Waals surface area (Å²) in [6.07, 6.45) is 1.44. The van der Waals surface area contributed by atoms with Gasteiger partial charge in [-0.05, 0) is 36.4 Å². The first-order valence-corrected chi connectivity index (χ1v) is 8.31. The van der Waals surface area contributed by atoms with Crippen LogP contribution in [-0.2, 0) is 0 Å². The highest BCUT2D eigenvalue weighted by molar-refractivity contribution is 7.14. The van der Waals surface area contributed by atoms with E-state index in [1.54, 1.807) is 23.6 Å². The second-order valence-corrected chi connectivity index (χ2v) is 6.10. The van der Waals surface area contributed by atoms with Crippen LogP contribution in [0.3, 0.4) is 0 Å². The average Bonchev–Trinajstić information content (AvgIpc) is 3.10. The molecule has 4 rings (SSSR count). The Kier molecular flexibility index (Phi) is 3.91. The predicted octanol–water partition coefficient (Wildman–Crippen LogP) is 4.14. The molecule has 1 amide bonds. The largest absolute Gasteiger partial charge is 0.296 e. The van der Waals surface area contributed by atoms with Gasteiger partial charge in [0.25, 0.3) is 5.91 Å². The van der Waals surface area contributed by atoms with Gasteiger partial charge in [-0.3, -0.25) is 15.1 Å². The van der Waals surface area contributed by atoms with Gasteiger partial charge in [-0.2, -0.15) is 0 Å². The highest BCUT2D eigenvalue weighted by atomic mass is 32.1. The number of amides is 1. The van der Waals surface area contributed by atoms with Gasteiger partial charge >= 0.3 is 0 Å². The minimum Gasteiger partial charge on any atom is -0.296 e. The smallest absolute Gasteiger partial charge is 0.277 e. The number of carbonyl (C=O) groups is 1. The van der Waals surface area contributed by atoms with Crippen LogP contribution in [0.1, 0.15) is 10.5 Å². The number of carbonyl (C=O) groups excluding carboxylic acids is 1. The molecule has 122 valence electrons. The number of para-hydroxylation sites is 2. The molecule has 0 atom stereocenters. The van der Waals surface area contributed by atoms with Crippen molar-refractivity contribution in [2.75, 3.05) is 5.32 Å². The number of fused-ring (bicyclic) bond motifs is 1. The monoisotopic (exact) mass is 350 g/mol. The topological polar surface area (TPSA) is 67.8 Å². The maximum absolute atomic E-state index is 13.0. The van der Waals surface area contributed by atoms with Crippen LogP contribution in [0.4, 0.5) is 9.52 Å². The number of aromatic nitrogens is 3. The molecule has 0 saturated heterocycles. The normalized spacial score (nSPS) is 10.8. The Morgan fingerprint density at radius 2 is 1.76 bits per heavy atom. The molecule has 4 aromatic rings. The van der Waals surface area contributed by atoms with Crippen LogP contribution in [0.15, 0.2) is 60.1 Å². The lowest BCUT2D eigenvalue weighted by molar-refractivity contribution is 0.102. The van der Waals surface area contributed by atoms with E-state index in [1.165, 1.54) is 29.7 Å². The molecule has 0 aliphatic carbocycles. The Balaban J connectivity index is 1.55. The van der Waals surface area contributed by atoms with Crippen molar-refractivity contribution in [2.45, 2.75) is 0 Å². The van der Waals surface area contributed by atoms with Gasteiger partial charge in [0.1, 0.15) is 11.5 Å². The molecule has 0 fully saturated rings. The van der Waals surface area contributed by atoms with Crippen molar-refractivity contribution in [3.63, 3.8) is 0 Å². The highest BCUT2D eigenvalue weighted by Gasteiger charge is 2.12. The van der Waals surface area contributed by atoms with E-state index < -0.39 is 0 Å². The van der Waals surface area contributed by atoms with Crippen molar-refractivity contribution in [3.05, 3.63) is 71.6 Å². The van der Waals surface area contributed by atoms with E-state index in [9.17, 15) is 9.18 Å². The summed E-state index contributed by atoms with van der Waals surface area (Å²) < 4.78 is 13.0. The first-order valence-electron chi connectivity index (χ1n) is 7.44. The van der Waals surface area contributed by atoms with Crippen molar-refractivity contribution in [2.24, 2.45) is 0 Å². The molecule has 0 unspecified atom stereocenters. The molecule has 0 saturated carbocycles. The summed E-state index contributed by atoms with van der Waals surface area (Å²) in [5, 5.41) is 4.96. The standard InChI is InChI=1S/C18H11FN4OS/c19-12-7-5-11(6-8-12)16-10-25-18(22-16)23-17(24)15-9-20-13-3-1-2-4-14(13)21-15/h1-10H,(H,22,23,24). The summed E-state index contributed by atoms with van der Waals surface area (Å²) in [5.74, 6) is -0.680. The van der Waals surface area contributed by atoms with Gasteiger partial charge < -0.3 is 0 Å². The molecule has 0 bridgehead atoms. The number of nitrogens with zero attached hydrogens (tertiary/aromatic N) is 3. The van der Waals surface area contributed by atoms with Crippen molar-refractivity contribution in [1.82, 2.24) is 15.0 Å². The lowest BCUT2D eigenvalue weighted by Gasteiger charge is -2.02. The number of rotatable bonds is 3. The molecule has 2 heterocycles. The first kappa shape index (κ1) is 15.3. The molecule has 1 N–H and O–H groups in total. The van der Waals surface area contributed by atoms with Gasteiger partial charge in [0, 0.05) is 10.9 Å². The number of benzene rings is 2. The highest BCUT2D eigenvalue weighted by Crippen LogP contribution is 2.25. The Bertz CT molecular complexity index is 1060. The Labute approximate surface area is 146 Å². The first-order chi connectivity index (χ1) is 12.2. The molecule has 25 heavy (non-hydrogen) atoms. The van der Waals surface area contributed by atoms with E-state index in [4.69, 9.17) is 0 Å². The minimum absolute atomic E-state index is 0.220. The molecule has 0 aliphatic rings. The number of hydrogen-bond acceptors (Lipinski definition) is 5. The van der Waals surface area contributed by atoms with E-state index in [-0.39, 0.29) is 17.4 Å². The molecular weight excluding hydrogens is 339 g/mol. The van der Waals surface area contributed by atoms with E-state index >= 15 is 0 Å². The van der Waals surface area contributed by atoms with Crippen LogP contribution in [0.5, 0.6) is 0 Å². The third-order valence-electron chi connectivity index (χ3n) is 3.55. The van der Waals surface area contributed by atoms with Crippen LogP contribution in [-0.4, -0.2) is 20.9 Å². The summed E-state index contributed by atoms with van der Waals surface area (Å²) in [5.41, 5.74) is 3.05. The zero-order valence-corrected chi connectivity index (χ0v) is 13.6. The lowest BCUT2D eigenvalue weighted by atomic mass is 10.2. The molecule has 5 nitrogen and oxygen atoms in total. The predicted molar refractivity (Wildman–Crippen MR) is 95.0 cm³/mol. The molecule has 7 heteroatoms. The summed E-state index contributed by atoms with van der Waals surface area (Å²) >= 11 is 1.29.